The van der Waals surface area contributed by atoms with Crippen LogP contribution in [-0.4, -0.2) is 22.7 Å². The number of rotatable bonds is 5. The smallest absolute Gasteiger partial charge is 0.318 e. The van der Waals surface area contributed by atoms with Crippen molar-refractivity contribution in [3.8, 4) is 11.4 Å². The Labute approximate surface area is 128 Å². The van der Waals surface area contributed by atoms with E-state index in [9.17, 15) is 4.79 Å². The molecule has 0 N–H and O–H groups in total. The maximum absolute atomic E-state index is 12.0. The summed E-state index contributed by atoms with van der Waals surface area (Å²) in [6.07, 6.45) is 0. The number of halogens is 1. The van der Waals surface area contributed by atoms with Gasteiger partial charge < -0.3 is 9.26 Å². The molecule has 2 aromatic rings. The van der Waals surface area contributed by atoms with Gasteiger partial charge >= 0.3 is 5.97 Å². The largest absolute Gasteiger partial charge is 0.465 e. The van der Waals surface area contributed by atoms with Crippen LogP contribution in [0.3, 0.4) is 0 Å². The molecule has 0 aliphatic carbocycles. The summed E-state index contributed by atoms with van der Waals surface area (Å²) in [5, 5.41) is 4.44. The van der Waals surface area contributed by atoms with Crippen molar-refractivity contribution >= 4 is 17.6 Å². The van der Waals surface area contributed by atoms with Crippen LogP contribution in [0.1, 0.15) is 32.6 Å². The van der Waals surface area contributed by atoms with Crippen LogP contribution in [0.25, 0.3) is 11.4 Å². The van der Waals surface area contributed by atoms with Crippen LogP contribution in [0.4, 0.5) is 0 Å². The molecule has 0 saturated heterocycles. The topological polar surface area (TPSA) is 65.2 Å². The van der Waals surface area contributed by atoms with E-state index >= 15 is 0 Å². The van der Waals surface area contributed by atoms with E-state index in [4.69, 9.17) is 20.9 Å². The lowest BCUT2D eigenvalue weighted by atomic mass is 9.96. The Bertz CT molecular complexity index is 625. The van der Waals surface area contributed by atoms with Gasteiger partial charge in [0.25, 0.3) is 0 Å². The lowest BCUT2D eigenvalue weighted by Crippen LogP contribution is -2.21. The van der Waals surface area contributed by atoms with Crippen LogP contribution in [0.15, 0.2) is 28.8 Å². The summed E-state index contributed by atoms with van der Waals surface area (Å²) in [7, 11) is 0. The highest BCUT2D eigenvalue weighted by molar-refractivity contribution is 6.33. The second kappa shape index (κ2) is 6.72. The summed E-state index contributed by atoms with van der Waals surface area (Å²) in [5.41, 5.74) is 0.667. The number of hydrogen-bond acceptors (Lipinski definition) is 5. The zero-order chi connectivity index (χ0) is 15.4. The molecule has 21 heavy (non-hydrogen) atoms. The molecule has 0 amide bonds. The molecule has 0 aliphatic rings. The van der Waals surface area contributed by atoms with E-state index in [2.05, 4.69) is 10.1 Å². The van der Waals surface area contributed by atoms with Crippen molar-refractivity contribution in [1.29, 1.82) is 0 Å². The van der Waals surface area contributed by atoms with Gasteiger partial charge in [-0.3, -0.25) is 4.79 Å². The molecule has 1 unspecified atom stereocenters. The van der Waals surface area contributed by atoms with Gasteiger partial charge in [-0.15, -0.1) is 0 Å². The van der Waals surface area contributed by atoms with Crippen LogP contribution >= 0.6 is 11.6 Å². The van der Waals surface area contributed by atoms with Crippen molar-refractivity contribution in [1.82, 2.24) is 10.1 Å². The van der Waals surface area contributed by atoms with E-state index in [1.54, 1.807) is 19.1 Å². The number of esters is 1. The molecular weight excluding hydrogens is 292 g/mol. The predicted octanol–water partition coefficient (Wildman–Crippen LogP) is 3.69. The third-order valence-corrected chi connectivity index (χ3v) is 3.36. The summed E-state index contributed by atoms with van der Waals surface area (Å²) in [6.45, 7) is 5.88. The Morgan fingerprint density at radius 3 is 2.71 bits per heavy atom. The molecule has 6 heteroatoms. The fourth-order valence-corrected chi connectivity index (χ4v) is 2.22. The number of benzene rings is 1. The van der Waals surface area contributed by atoms with Crippen molar-refractivity contribution in [2.45, 2.75) is 26.7 Å². The first-order chi connectivity index (χ1) is 10.0. The van der Waals surface area contributed by atoms with Crippen molar-refractivity contribution < 1.29 is 14.1 Å². The SMILES string of the molecule is CCOC(=O)C(c1nc(-c2ccccc2Cl)no1)C(C)C. The molecule has 0 spiro atoms. The summed E-state index contributed by atoms with van der Waals surface area (Å²) in [6, 6.07) is 7.20. The molecule has 1 aromatic heterocycles. The van der Waals surface area contributed by atoms with Gasteiger partial charge in [0.1, 0.15) is 5.92 Å². The van der Waals surface area contributed by atoms with Gasteiger partial charge in [-0.05, 0) is 25.0 Å². The summed E-state index contributed by atoms with van der Waals surface area (Å²) < 4.78 is 10.3. The normalized spacial score (nSPS) is 12.4. The third-order valence-electron chi connectivity index (χ3n) is 3.03. The Hall–Kier alpha value is -1.88. The summed E-state index contributed by atoms with van der Waals surface area (Å²) in [4.78, 5) is 16.3. The van der Waals surface area contributed by atoms with Gasteiger partial charge in [-0.1, -0.05) is 42.7 Å². The molecule has 1 heterocycles. The number of carbonyl (C=O) groups is 1. The van der Waals surface area contributed by atoms with E-state index in [0.29, 0.717) is 23.0 Å². The third kappa shape index (κ3) is 3.42. The second-order valence-electron chi connectivity index (χ2n) is 4.91. The average Bonchev–Trinajstić information content (AvgIpc) is 2.88. The number of hydrogen-bond donors (Lipinski definition) is 0. The zero-order valence-electron chi connectivity index (χ0n) is 12.2. The number of ether oxygens (including phenoxy) is 1. The quantitative estimate of drug-likeness (QED) is 0.788. The lowest BCUT2D eigenvalue weighted by Gasteiger charge is -2.14. The van der Waals surface area contributed by atoms with Gasteiger partial charge in [0.15, 0.2) is 0 Å². The first kappa shape index (κ1) is 15.5. The Kier molecular flexibility index (Phi) is 4.96. The van der Waals surface area contributed by atoms with E-state index in [1.807, 2.05) is 26.0 Å². The van der Waals surface area contributed by atoms with Crippen molar-refractivity contribution in [3.05, 3.63) is 35.2 Å². The average molecular weight is 309 g/mol. The molecule has 1 aromatic carbocycles. The second-order valence-corrected chi connectivity index (χ2v) is 5.32. The number of aromatic nitrogens is 2. The summed E-state index contributed by atoms with van der Waals surface area (Å²) >= 11 is 6.11. The van der Waals surface area contributed by atoms with E-state index in [1.165, 1.54) is 0 Å². The van der Waals surface area contributed by atoms with Crippen LogP contribution in [0.5, 0.6) is 0 Å². The molecule has 5 nitrogen and oxygen atoms in total. The van der Waals surface area contributed by atoms with Crippen molar-refractivity contribution in [2.24, 2.45) is 5.92 Å². The molecule has 1 atom stereocenters. The van der Waals surface area contributed by atoms with Crippen molar-refractivity contribution in [2.75, 3.05) is 6.61 Å². The van der Waals surface area contributed by atoms with E-state index in [0.717, 1.165) is 0 Å². The Morgan fingerprint density at radius 1 is 1.38 bits per heavy atom. The molecule has 0 radical (unpaired) electrons. The predicted molar refractivity (Wildman–Crippen MR) is 79.0 cm³/mol. The van der Waals surface area contributed by atoms with Gasteiger partial charge in [-0.2, -0.15) is 4.98 Å². The van der Waals surface area contributed by atoms with Crippen molar-refractivity contribution in [3.63, 3.8) is 0 Å². The van der Waals surface area contributed by atoms with Gasteiger partial charge in [0, 0.05) is 5.56 Å². The molecule has 2 rings (SSSR count). The molecule has 0 saturated carbocycles. The van der Waals surface area contributed by atoms with E-state index in [-0.39, 0.29) is 17.8 Å². The number of carbonyl (C=O) groups excluding carboxylic acids is 1. The van der Waals surface area contributed by atoms with Crippen LogP contribution in [-0.2, 0) is 9.53 Å². The first-order valence-corrected chi connectivity index (χ1v) is 7.17. The molecule has 0 aliphatic heterocycles. The van der Waals surface area contributed by atoms with Gasteiger partial charge in [-0.25, -0.2) is 0 Å². The Balaban J connectivity index is 2.33. The molecular formula is C15H17ClN2O3. The van der Waals surface area contributed by atoms with Gasteiger partial charge in [0.2, 0.25) is 11.7 Å². The highest BCUT2D eigenvalue weighted by atomic mass is 35.5. The zero-order valence-corrected chi connectivity index (χ0v) is 12.9. The molecule has 112 valence electrons. The molecule has 0 bridgehead atoms. The lowest BCUT2D eigenvalue weighted by molar-refractivity contribution is -0.146. The van der Waals surface area contributed by atoms with Gasteiger partial charge in [0.05, 0.1) is 11.6 Å². The van der Waals surface area contributed by atoms with Crippen LogP contribution < -0.4 is 0 Å². The highest BCUT2D eigenvalue weighted by Crippen LogP contribution is 2.29. The maximum Gasteiger partial charge on any atom is 0.318 e. The standard InChI is InChI=1S/C15H17ClN2O3/c1-4-20-15(19)12(9(2)3)14-17-13(18-21-14)10-7-5-6-8-11(10)16/h5-9,12H,4H2,1-3H3. The monoisotopic (exact) mass is 308 g/mol. The summed E-state index contributed by atoms with van der Waals surface area (Å²) in [5.74, 6) is -0.331. The minimum atomic E-state index is -0.575. The maximum atomic E-state index is 12.0. The molecule has 0 fully saturated rings. The Morgan fingerprint density at radius 2 is 2.10 bits per heavy atom. The fourth-order valence-electron chi connectivity index (χ4n) is 2.00. The van der Waals surface area contributed by atoms with E-state index < -0.39 is 5.92 Å². The van der Waals surface area contributed by atoms with Crippen LogP contribution in [0.2, 0.25) is 5.02 Å². The first-order valence-electron chi connectivity index (χ1n) is 6.79. The minimum Gasteiger partial charge on any atom is -0.465 e. The fraction of sp³-hybridized carbons (Fsp3) is 0.400. The number of nitrogens with zero attached hydrogens (tertiary/aromatic N) is 2. The minimum absolute atomic E-state index is 0.0106. The highest BCUT2D eigenvalue weighted by Gasteiger charge is 2.31. The van der Waals surface area contributed by atoms with Crippen LogP contribution in [0, 0.1) is 5.92 Å².